The Hall–Kier alpha value is -1.60. The number of nitriles is 1. The van der Waals surface area contributed by atoms with Crippen molar-refractivity contribution in [3.8, 4) is 11.8 Å². The van der Waals surface area contributed by atoms with E-state index in [9.17, 15) is 0 Å². The van der Waals surface area contributed by atoms with Crippen LogP contribution in [0.1, 0.15) is 18.5 Å². The molecule has 4 heteroatoms. The summed E-state index contributed by atoms with van der Waals surface area (Å²) in [7, 11) is 0. The SMILES string of the molecule is N#Cc1ncccc1OC1CC(CN)C1. The molecule has 0 saturated heterocycles. The number of rotatable bonds is 3. The van der Waals surface area contributed by atoms with E-state index >= 15 is 0 Å². The van der Waals surface area contributed by atoms with Gasteiger partial charge >= 0.3 is 0 Å². The van der Waals surface area contributed by atoms with Gasteiger partial charge in [-0.15, -0.1) is 0 Å². The van der Waals surface area contributed by atoms with E-state index in [0.29, 0.717) is 17.4 Å². The first kappa shape index (κ1) is 9.94. The summed E-state index contributed by atoms with van der Waals surface area (Å²) in [4.78, 5) is 3.94. The van der Waals surface area contributed by atoms with Crippen molar-refractivity contribution < 1.29 is 4.74 Å². The van der Waals surface area contributed by atoms with Crippen LogP contribution in [0.3, 0.4) is 0 Å². The van der Waals surface area contributed by atoms with Gasteiger partial charge in [-0.25, -0.2) is 4.98 Å². The molecule has 2 N–H and O–H groups in total. The van der Waals surface area contributed by atoms with E-state index in [1.165, 1.54) is 0 Å². The average Bonchev–Trinajstić information content (AvgIpc) is 2.23. The van der Waals surface area contributed by atoms with E-state index in [1.807, 2.05) is 6.07 Å². The lowest BCUT2D eigenvalue weighted by molar-refractivity contribution is 0.0684. The Morgan fingerprint density at radius 1 is 1.60 bits per heavy atom. The van der Waals surface area contributed by atoms with Crippen molar-refractivity contribution in [1.82, 2.24) is 4.98 Å². The van der Waals surface area contributed by atoms with Crippen LogP contribution in [0.25, 0.3) is 0 Å². The molecule has 4 nitrogen and oxygen atoms in total. The van der Waals surface area contributed by atoms with Gasteiger partial charge in [0.05, 0.1) is 6.10 Å². The molecule has 15 heavy (non-hydrogen) atoms. The van der Waals surface area contributed by atoms with Crippen LogP contribution in [-0.4, -0.2) is 17.6 Å². The highest BCUT2D eigenvalue weighted by Crippen LogP contribution is 2.31. The topological polar surface area (TPSA) is 71.9 Å². The summed E-state index contributed by atoms with van der Waals surface area (Å²) in [5.74, 6) is 1.16. The molecule has 0 unspecified atom stereocenters. The van der Waals surface area contributed by atoms with Gasteiger partial charge in [-0.2, -0.15) is 5.26 Å². The van der Waals surface area contributed by atoms with Crippen molar-refractivity contribution in [3.05, 3.63) is 24.0 Å². The summed E-state index contributed by atoms with van der Waals surface area (Å²) in [6.45, 7) is 0.720. The van der Waals surface area contributed by atoms with E-state index in [4.69, 9.17) is 15.7 Å². The molecule has 78 valence electrons. The Morgan fingerprint density at radius 3 is 3.07 bits per heavy atom. The van der Waals surface area contributed by atoms with E-state index in [1.54, 1.807) is 18.3 Å². The van der Waals surface area contributed by atoms with Crippen molar-refractivity contribution in [2.75, 3.05) is 6.54 Å². The number of aromatic nitrogens is 1. The molecule has 1 aromatic rings. The van der Waals surface area contributed by atoms with E-state index in [2.05, 4.69) is 4.98 Å². The van der Waals surface area contributed by atoms with Gasteiger partial charge in [-0.05, 0) is 37.4 Å². The highest BCUT2D eigenvalue weighted by Gasteiger charge is 2.30. The predicted octanol–water partition coefficient (Wildman–Crippen LogP) is 1.07. The number of nitrogens with zero attached hydrogens (tertiary/aromatic N) is 2. The molecule has 0 spiro atoms. The van der Waals surface area contributed by atoms with Gasteiger partial charge in [-0.1, -0.05) is 0 Å². The third-order valence-electron chi connectivity index (χ3n) is 2.70. The Kier molecular flexibility index (Phi) is 2.84. The zero-order chi connectivity index (χ0) is 10.7. The van der Waals surface area contributed by atoms with Crippen molar-refractivity contribution >= 4 is 0 Å². The van der Waals surface area contributed by atoms with Crippen LogP contribution in [0.5, 0.6) is 5.75 Å². The van der Waals surface area contributed by atoms with Crippen LogP contribution < -0.4 is 10.5 Å². The van der Waals surface area contributed by atoms with Gasteiger partial charge in [0, 0.05) is 6.20 Å². The number of pyridine rings is 1. The number of hydrogen-bond acceptors (Lipinski definition) is 4. The molecule has 1 aliphatic carbocycles. The fraction of sp³-hybridized carbons (Fsp3) is 0.455. The molecular formula is C11H13N3O. The van der Waals surface area contributed by atoms with Crippen molar-refractivity contribution in [2.24, 2.45) is 11.7 Å². The first-order valence-electron chi connectivity index (χ1n) is 5.05. The van der Waals surface area contributed by atoms with Gasteiger partial charge < -0.3 is 10.5 Å². The molecule has 0 aromatic carbocycles. The molecule has 1 aliphatic rings. The quantitative estimate of drug-likeness (QED) is 0.797. The largest absolute Gasteiger partial charge is 0.487 e. The minimum absolute atomic E-state index is 0.204. The van der Waals surface area contributed by atoms with Gasteiger partial charge in [0.2, 0.25) is 0 Å². The maximum atomic E-state index is 8.81. The lowest BCUT2D eigenvalue weighted by Crippen LogP contribution is -2.37. The summed E-state index contributed by atoms with van der Waals surface area (Å²) >= 11 is 0. The molecule has 1 fully saturated rings. The standard InChI is InChI=1S/C11H13N3O/c12-6-8-4-9(5-8)15-11-2-1-3-14-10(11)7-13/h1-3,8-9H,4-6,12H2. The fourth-order valence-electron chi connectivity index (χ4n) is 1.71. The van der Waals surface area contributed by atoms with Gasteiger partial charge in [-0.3, -0.25) is 0 Å². The average molecular weight is 203 g/mol. The zero-order valence-corrected chi connectivity index (χ0v) is 8.39. The van der Waals surface area contributed by atoms with E-state index in [-0.39, 0.29) is 6.10 Å². The molecule has 0 radical (unpaired) electrons. The summed E-state index contributed by atoms with van der Waals surface area (Å²) in [6, 6.07) is 5.57. The zero-order valence-electron chi connectivity index (χ0n) is 8.39. The monoisotopic (exact) mass is 203 g/mol. The van der Waals surface area contributed by atoms with Crippen LogP contribution in [-0.2, 0) is 0 Å². The molecule has 0 atom stereocenters. The Bertz CT molecular complexity index is 380. The molecule has 1 saturated carbocycles. The Labute approximate surface area is 88.7 Å². The summed E-state index contributed by atoms with van der Waals surface area (Å²) in [5.41, 5.74) is 5.88. The number of nitrogens with two attached hydrogens (primary N) is 1. The highest BCUT2D eigenvalue weighted by molar-refractivity contribution is 5.36. The van der Waals surface area contributed by atoms with E-state index in [0.717, 1.165) is 19.4 Å². The number of hydrogen-bond donors (Lipinski definition) is 1. The molecule has 0 amide bonds. The van der Waals surface area contributed by atoms with Crippen molar-refractivity contribution in [3.63, 3.8) is 0 Å². The normalized spacial score (nSPS) is 24.0. The fourth-order valence-corrected chi connectivity index (χ4v) is 1.71. The van der Waals surface area contributed by atoms with Crippen LogP contribution >= 0.6 is 0 Å². The Morgan fingerprint density at radius 2 is 2.40 bits per heavy atom. The van der Waals surface area contributed by atoms with Crippen molar-refractivity contribution in [1.29, 1.82) is 5.26 Å². The molecule has 0 bridgehead atoms. The highest BCUT2D eigenvalue weighted by atomic mass is 16.5. The van der Waals surface area contributed by atoms with E-state index < -0.39 is 0 Å². The lowest BCUT2D eigenvalue weighted by atomic mass is 9.82. The first-order valence-corrected chi connectivity index (χ1v) is 5.05. The Balaban J connectivity index is 1.97. The molecular weight excluding hydrogens is 190 g/mol. The van der Waals surface area contributed by atoms with Gasteiger partial charge in [0.15, 0.2) is 11.4 Å². The van der Waals surface area contributed by atoms with Crippen LogP contribution in [0.4, 0.5) is 0 Å². The van der Waals surface area contributed by atoms with Gasteiger partial charge in [0.1, 0.15) is 6.07 Å². The van der Waals surface area contributed by atoms with Crippen LogP contribution in [0.2, 0.25) is 0 Å². The second kappa shape index (κ2) is 4.28. The minimum Gasteiger partial charge on any atom is -0.487 e. The smallest absolute Gasteiger partial charge is 0.182 e. The summed E-state index contributed by atoms with van der Waals surface area (Å²) in [5, 5.41) is 8.81. The second-order valence-electron chi connectivity index (χ2n) is 3.77. The molecule has 1 aromatic heterocycles. The van der Waals surface area contributed by atoms with Gasteiger partial charge in [0.25, 0.3) is 0 Å². The molecule has 0 aliphatic heterocycles. The third-order valence-corrected chi connectivity index (χ3v) is 2.70. The predicted molar refractivity (Wildman–Crippen MR) is 55.1 cm³/mol. The first-order chi connectivity index (χ1) is 7.33. The molecule has 1 heterocycles. The molecule has 2 rings (SSSR count). The number of ether oxygens (including phenoxy) is 1. The maximum Gasteiger partial charge on any atom is 0.182 e. The van der Waals surface area contributed by atoms with Crippen molar-refractivity contribution in [2.45, 2.75) is 18.9 Å². The van der Waals surface area contributed by atoms with Crippen LogP contribution in [0.15, 0.2) is 18.3 Å². The second-order valence-corrected chi connectivity index (χ2v) is 3.77. The minimum atomic E-state index is 0.204. The third kappa shape index (κ3) is 2.08. The maximum absolute atomic E-state index is 8.81. The summed E-state index contributed by atoms with van der Waals surface area (Å²) in [6.07, 6.45) is 3.76. The lowest BCUT2D eigenvalue weighted by Gasteiger charge is -2.34. The van der Waals surface area contributed by atoms with Crippen LogP contribution in [0, 0.1) is 17.2 Å². The summed E-state index contributed by atoms with van der Waals surface area (Å²) < 4.78 is 5.66.